The second kappa shape index (κ2) is 7.87. The molecule has 4 aliphatic carbocycles. The van der Waals surface area contributed by atoms with Crippen molar-refractivity contribution < 1.29 is 8.85 Å². The average Bonchev–Trinajstić information content (AvgIpc) is 2.97. The van der Waals surface area contributed by atoms with Crippen molar-refractivity contribution in [1.29, 1.82) is 0 Å². The van der Waals surface area contributed by atoms with Gasteiger partial charge in [0.25, 0.3) is 0 Å². The molecule has 2 nitrogen and oxygen atoms in total. The molecule has 4 aliphatic rings. The average molecular weight is 461 g/mol. The fourth-order valence-electron chi connectivity index (χ4n) is 8.22. The van der Waals surface area contributed by atoms with Crippen LogP contribution in [0, 0.1) is 34.5 Å². The molecule has 0 aromatic heterocycles. The first-order valence-corrected chi connectivity index (χ1v) is 19.8. The van der Waals surface area contributed by atoms with E-state index in [0.717, 1.165) is 23.5 Å². The summed E-state index contributed by atoms with van der Waals surface area (Å²) in [5.74, 6) is 4.23. The van der Waals surface area contributed by atoms with Gasteiger partial charge in [0.1, 0.15) is 0 Å². The number of allylic oxidation sites excluding steroid dienone is 2. The number of hydrogen-bond acceptors (Lipinski definition) is 2. The normalized spacial score (nSPS) is 42.8. The first-order valence-electron chi connectivity index (χ1n) is 13.0. The molecule has 0 spiro atoms. The summed E-state index contributed by atoms with van der Waals surface area (Å²) < 4.78 is 13.0. The van der Waals surface area contributed by atoms with E-state index in [-0.39, 0.29) is 0 Å². The summed E-state index contributed by atoms with van der Waals surface area (Å²) in [6, 6.07) is 0. The minimum absolute atomic E-state index is 0.387. The van der Waals surface area contributed by atoms with Gasteiger partial charge in [-0.2, -0.15) is 0 Å². The highest BCUT2D eigenvalue weighted by Crippen LogP contribution is 2.67. The van der Waals surface area contributed by atoms with Crippen molar-refractivity contribution in [2.24, 2.45) is 34.5 Å². The smallest absolute Gasteiger partial charge is 0.241 e. The van der Waals surface area contributed by atoms with Crippen LogP contribution in [-0.2, 0) is 8.85 Å². The van der Waals surface area contributed by atoms with E-state index in [9.17, 15) is 0 Å². The van der Waals surface area contributed by atoms with Crippen molar-refractivity contribution >= 4 is 16.6 Å². The highest BCUT2D eigenvalue weighted by atomic mass is 28.4. The van der Waals surface area contributed by atoms with E-state index in [1.165, 1.54) is 51.4 Å². The Balaban J connectivity index is 1.52. The summed E-state index contributed by atoms with van der Waals surface area (Å²) in [6.45, 7) is 23.6. The van der Waals surface area contributed by atoms with Gasteiger partial charge in [-0.1, -0.05) is 32.1 Å². The van der Waals surface area contributed by atoms with Crippen LogP contribution in [-0.4, -0.2) is 22.7 Å². The molecule has 0 N–H and O–H groups in total. The van der Waals surface area contributed by atoms with Crippen molar-refractivity contribution in [2.75, 3.05) is 0 Å². The van der Waals surface area contributed by atoms with Gasteiger partial charge in [0, 0.05) is 12.0 Å². The Morgan fingerprint density at radius 1 is 0.935 bits per heavy atom. The van der Waals surface area contributed by atoms with E-state index >= 15 is 0 Å². The van der Waals surface area contributed by atoms with Gasteiger partial charge in [-0.3, -0.25) is 0 Å². The second-order valence-electron chi connectivity index (χ2n) is 13.7. The van der Waals surface area contributed by atoms with Crippen LogP contribution in [0.15, 0.2) is 24.0 Å². The van der Waals surface area contributed by atoms with Crippen LogP contribution < -0.4 is 0 Å². The zero-order valence-electron chi connectivity index (χ0n) is 21.6. The fourth-order valence-corrected chi connectivity index (χ4v) is 10.4. The molecular weight excluding hydrogens is 412 g/mol. The van der Waals surface area contributed by atoms with Crippen molar-refractivity contribution in [3.05, 3.63) is 24.0 Å². The van der Waals surface area contributed by atoms with E-state index in [4.69, 9.17) is 8.85 Å². The Labute approximate surface area is 194 Å². The molecule has 3 fully saturated rings. The predicted molar refractivity (Wildman–Crippen MR) is 137 cm³/mol. The lowest BCUT2D eigenvalue weighted by molar-refractivity contribution is -0.0474. The Kier molecular flexibility index (Phi) is 6.05. The van der Waals surface area contributed by atoms with Crippen LogP contribution in [0.25, 0.3) is 0 Å². The van der Waals surface area contributed by atoms with Crippen LogP contribution in [0.5, 0.6) is 0 Å². The van der Waals surface area contributed by atoms with Gasteiger partial charge in [0.2, 0.25) is 8.32 Å². The molecule has 0 saturated heterocycles. The minimum Gasteiger partial charge on any atom is -0.548 e. The molecule has 4 rings (SSSR count). The van der Waals surface area contributed by atoms with Crippen molar-refractivity contribution in [3.8, 4) is 0 Å². The van der Waals surface area contributed by atoms with Crippen LogP contribution in [0.1, 0.15) is 65.2 Å². The summed E-state index contributed by atoms with van der Waals surface area (Å²) in [7, 11) is -3.06. The van der Waals surface area contributed by atoms with Crippen LogP contribution in [0.4, 0.5) is 0 Å². The van der Waals surface area contributed by atoms with Crippen LogP contribution in [0.3, 0.4) is 0 Å². The maximum Gasteiger partial charge on any atom is 0.241 e. The maximum atomic E-state index is 6.55. The first-order chi connectivity index (χ1) is 14.2. The van der Waals surface area contributed by atoms with Gasteiger partial charge in [0.05, 0.1) is 5.76 Å². The van der Waals surface area contributed by atoms with Gasteiger partial charge < -0.3 is 8.85 Å². The molecular formula is C27H48O2Si2. The molecule has 0 amide bonds. The molecule has 0 aromatic rings. The van der Waals surface area contributed by atoms with Crippen molar-refractivity contribution in [1.82, 2.24) is 0 Å². The second-order valence-corrected chi connectivity index (χ2v) is 22.6. The van der Waals surface area contributed by atoms with Gasteiger partial charge in [-0.05, 0) is 119 Å². The van der Waals surface area contributed by atoms with Crippen LogP contribution in [0.2, 0.25) is 39.3 Å². The van der Waals surface area contributed by atoms with Gasteiger partial charge in [-0.15, -0.1) is 0 Å². The Morgan fingerprint density at radius 3 is 2.29 bits per heavy atom. The molecule has 0 aliphatic heterocycles. The van der Waals surface area contributed by atoms with E-state index in [1.54, 1.807) is 5.57 Å². The largest absolute Gasteiger partial charge is 0.548 e. The lowest BCUT2D eigenvalue weighted by atomic mass is 9.47. The lowest BCUT2D eigenvalue weighted by Gasteiger charge is -2.58. The third-order valence-electron chi connectivity index (χ3n) is 9.40. The zero-order valence-corrected chi connectivity index (χ0v) is 23.6. The Hall–Kier alpha value is -0.326. The topological polar surface area (TPSA) is 18.5 Å². The van der Waals surface area contributed by atoms with E-state index in [1.807, 2.05) is 0 Å². The number of hydrogen-bond donors (Lipinski definition) is 0. The summed E-state index contributed by atoms with van der Waals surface area (Å²) in [6.07, 6.45) is 13.6. The molecule has 7 atom stereocenters. The predicted octanol–water partition coefficient (Wildman–Crippen LogP) is 8.15. The zero-order chi connectivity index (χ0) is 22.8. The minimum atomic E-state index is -1.59. The standard InChI is InChI=1S/C27H48O2Si2/c1-19(28-30(4,5)6)23-12-13-24-22-11-10-20-18-21(29-31(7,8)9)14-16-26(20,2)25(22)15-17-27(23,24)3/h10,21-25H,1,11-18H2,2-9H3/t21-,22?,23+,24?,25?,26-,27+/m0/s1. The summed E-state index contributed by atoms with van der Waals surface area (Å²) >= 11 is 0. The monoisotopic (exact) mass is 460 g/mol. The third kappa shape index (κ3) is 4.42. The quantitative estimate of drug-likeness (QED) is 0.234. The molecule has 176 valence electrons. The molecule has 0 radical (unpaired) electrons. The SMILES string of the molecule is C=C(O[Si](C)(C)C)[C@H]1CCC2C3CC=C4C[C@@H](O[Si](C)(C)C)CC[C@]4(C)C3CC[C@@]21C. The number of rotatable bonds is 5. The molecule has 31 heavy (non-hydrogen) atoms. The Bertz CT molecular complexity index is 745. The molecule has 0 heterocycles. The van der Waals surface area contributed by atoms with Gasteiger partial charge >= 0.3 is 0 Å². The Morgan fingerprint density at radius 2 is 1.65 bits per heavy atom. The van der Waals surface area contributed by atoms with E-state index < -0.39 is 16.6 Å². The molecule has 3 unspecified atom stereocenters. The highest BCUT2D eigenvalue weighted by molar-refractivity contribution is 6.70. The number of fused-ring (bicyclic) bond motifs is 5. The fraction of sp³-hybridized carbons (Fsp3) is 0.852. The first kappa shape index (κ1) is 23.8. The van der Waals surface area contributed by atoms with Crippen molar-refractivity contribution in [2.45, 2.75) is 111 Å². The third-order valence-corrected chi connectivity index (χ3v) is 11.3. The van der Waals surface area contributed by atoms with Crippen LogP contribution >= 0.6 is 0 Å². The summed E-state index contributed by atoms with van der Waals surface area (Å²) in [5.41, 5.74) is 2.54. The molecule has 0 aromatic carbocycles. The van der Waals surface area contributed by atoms with E-state index in [2.05, 4.69) is 65.8 Å². The maximum absolute atomic E-state index is 6.55. The van der Waals surface area contributed by atoms with Gasteiger partial charge in [0.15, 0.2) is 8.32 Å². The van der Waals surface area contributed by atoms with Gasteiger partial charge in [-0.25, -0.2) is 0 Å². The van der Waals surface area contributed by atoms with Crippen molar-refractivity contribution in [3.63, 3.8) is 0 Å². The molecule has 0 bridgehead atoms. The summed E-state index contributed by atoms with van der Waals surface area (Å²) in [4.78, 5) is 0. The summed E-state index contributed by atoms with van der Waals surface area (Å²) in [5, 5.41) is 0. The molecule has 3 saturated carbocycles. The highest BCUT2D eigenvalue weighted by Gasteiger charge is 2.59. The van der Waals surface area contributed by atoms with E-state index in [0.29, 0.717) is 22.9 Å². The molecule has 4 heteroatoms. The lowest BCUT2D eigenvalue weighted by Crippen LogP contribution is -2.51.